The number of amides is 2. The average Bonchev–Trinajstić information content (AvgIpc) is 2.43. The van der Waals surface area contributed by atoms with Crippen LogP contribution < -0.4 is 10.6 Å². The fourth-order valence-electron chi connectivity index (χ4n) is 1.74. The van der Waals surface area contributed by atoms with E-state index in [1.807, 2.05) is 13.0 Å². The summed E-state index contributed by atoms with van der Waals surface area (Å²) in [5.74, 6) is -0.365. The average molecular weight is 269 g/mol. The summed E-state index contributed by atoms with van der Waals surface area (Å²) >= 11 is 0. The van der Waals surface area contributed by atoms with E-state index in [2.05, 4.69) is 15.6 Å². The zero-order valence-corrected chi connectivity index (χ0v) is 11.3. The first-order valence-corrected chi connectivity index (χ1v) is 6.16. The second-order valence-electron chi connectivity index (χ2n) is 4.40. The molecule has 1 aromatic heterocycles. The third-order valence-corrected chi connectivity index (χ3v) is 2.75. The van der Waals surface area contributed by atoms with E-state index in [9.17, 15) is 9.59 Å². The van der Waals surface area contributed by atoms with Crippen LogP contribution in [0.15, 0.2) is 42.7 Å². The Kier molecular flexibility index (Phi) is 4.10. The molecule has 0 bridgehead atoms. The van der Waals surface area contributed by atoms with Crippen LogP contribution in [0.3, 0.4) is 0 Å². The molecule has 0 aliphatic rings. The normalized spacial score (nSPS) is 9.90. The molecule has 1 heterocycles. The van der Waals surface area contributed by atoms with E-state index in [0.717, 1.165) is 5.56 Å². The van der Waals surface area contributed by atoms with Gasteiger partial charge in [0.05, 0.1) is 0 Å². The lowest BCUT2D eigenvalue weighted by Crippen LogP contribution is -2.13. The number of anilines is 2. The first-order valence-electron chi connectivity index (χ1n) is 6.16. The summed E-state index contributed by atoms with van der Waals surface area (Å²) in [6.45, 7) is 3.33. The van der Waals surface area contributed by atoms with Gasteiger partial charge in [0.1, 0.15) is 0 Å². The smallest absolute Gasteiger partial charge is 0.255 e. The fourth-order valence-corrected chi connectivity index (χ4v) is 1.74. The van der Waals surface area contributed by atoms with Crippen molar-refractivity contribution in [2.24, 2.45) is 0 Å². The Morgan fingerprint density at radius 1 is 1.05 bits per heavy atom. The van der Waals surface area contributed by atoms with Crippen LogP contribution in [0.5, 0.6) is 0 Å². The van der Waals surface area contributed by atoms with E-state index >= 15 is 0 Å². The molecule has 2 amide bonds. The third-order valence-electron chi connectivity index (χ3n) is 2.75. The van der Waals surface area contributed by atoms with Crippen molar-refractivity contribution in [2.45, 2.75) is 13.8 Å². The second kappa shape index (κ2) is 5.97. The fraction of sp³-hybridized carbons (Fsp3) is 0.133. The van der Waals surface area contributed by atoms with Crippen molar-refractivity contribution >= 4 is 23.2 Å². The van der Waals surface area contributed by atoms with Gasteiger partial charge in [0, 0.05) is 36.3 Å². The number of benzene rings is 1. The lowest BCUT2D eigenvalue weighted by atomic mass is 10.1. The van der Waals surface area contributed by atoms with Gasteiger partial charge in [-0.1, -0.05) is 6.07 Å². The third kappa shape index (κ3) is 3.41. The standard InChI is InChI=1S/C15H15N3O2/c1-10-3-4-13(17-11(2)19)9-14(10)18-15(20)12-5-7-16-8-6-12/h3-9H,1-2H3,(H,17,19)(H,18,20). The van der Waals surface area contributed by atoms with Crippen molar-refractivity contribution in [1.82, 2.24) is 4.98 Å². The molecule has 0 saturated carbocycles. The molecule has 2 N–H and O–H groups in total. The van der Waals surface area contributed by atoms with Gasteiger partial charge in [-0.15, -0.1) is 0 Å². The van der Waals surface area contributed by atoms with Crippen LogP contribution in [0.1, 0.15) is 22.8 Å². The van der Waals surface area contributed by atoms with Crippen molar-refractivity contribution in [3.63, 3.8) is 0 Å². The van der Waals surface area contributed by atoms with Gasteiger partial charge in [0.2, 0.25) is 5.91 Å². The number of hydrogen-bond acceptors (Lipinski definition) is 3. The van der Waals surface area contributed by atoms with Gasteiger partial charge < -0.3 is 10.6 Å². The predicted octanol–water partition coefficient (Wildman–Crippen LogP) is 2.60. The number of aryl methyl sites for hydroxylation is 1. The van der Waals surface area contributed by atoms with Gasteiger partial charge in [0.25, 0.3) is 5.91 Å². The molecule has 20 heavy (non-hydrogen) atoms. The molecule has 0 spiro atoms. The van der Waals surface area contributed by atoms with Crippen LogP contribution in [0.25, 0.3) is 0 Å². The van der Waals surface area contributed by atoms with Crippen molar-refractivity contribution in [2.75, 3.05) is 10.6 Å². The Bertz CT molecular complexity index is 639. The number of hydrogen-bond donors (Lipinski definition) is 2. The molecule has 0 aliphatic carbocycles. The topological polar surface area (TPSA) is 71.1 Å². The Morgan fingerprint density at radius 3 is 2.40 bits per heavy atom. The van der Waals surface area contributed by atoms with E-state index in [4.69, 9.17) is 0 Å². The molecule has 1 aromatic carbocycles. The van der Waals surface area contributed by atoms with Crippen molar-refractivity contribution in [3.05, 3.63) is 53.9 Å². The zero-order valence-electron chi connectivity index (χ0n) is 11.3. The number of nitrogens with zero attached hydrogens (tertiary/aromatic N) is 1. The van der Waals surface area contributed by atoms with E-state index in [1.54, 1.807) is 36.7 Å². The van der Waals surface area contributed by atoms with Gasteiger partial charge >= 0.3 is 0 Å². The van der Waals surface area contributed by atoms with Gasteiger partial charge in [-0.25, -0.2) is 0 Å². The van der Waals surface area contributed by atoms with Crippen molar-refractivity contribution in [3.8, 4) is 0 Å². The minimum atomic E-state index is -0.213. The highest BCUT2D eigenvalue weighted by atomic mass is 16.2. The van der Waals surface area contributed by atoms with E-state index in [1.165, 1.54) is 6.92 Å². The number of carbonyl (C=O) groups is 2. The quantitative estimate of drug-likeness (QED) is 0.899. The molecule has 0 unspecified atom stereocenters. The molecule has 2 aromatic rings. The summed E-state index contributed by atoms with van der Waals surface area (Å²) in [5, 5.41) is 5.51. The molecule has 0 radical (unpaired) electrons. The first kappa shape index (κ1) is 13.7. The highest BCUT2D eigenvalue weighted by molar-refractivity contribution is 6.05. The SMILES string of the molecule is CC(=O)Nc1ccc(C)c(NC(=O)c2ccncc2)c1. The molecular formula is C15H15N3O2. The Balaban J connectivity index is 2.20. The predicted molar refractivity (Wildman–Crippen MR) is 77.7 cm³/mol. The number of pyridine rings is 1. The molecule has 0 aliphatic heterocycles. The highest BCUT2D eigenvalue weighted by Crippen LogP contribution is 2.21. The number of aromatic nitrogens is 1. The van der Waals surface area contributed by atoms with Crippen LogP contribution >= 0.6 is 0 Å². The van der Waals surface area contributed by atoms with Gasteiger partial charge in [0.15, 0.2) is 0 Å². The van der Waals surface area contributed by atoms with E-state index in [0.29, 0.717) is 16.9 Å². The minimum absolute atomic E-state index is 0.153. The van der Waals surface area contributed by atoms with E-state index in [-0.39, 0.29) is 11.8 Å². The van der Waals surface area contributed by atoms with Gasteiger partial charge in [-0.05, 0) is 36.8 Å². The summed E-state index contributed by atoms with van der Waals surface area (Å²) in [7, 11) is 0. The summed E-state index contributed by atoms with van der Waals surface area (Å²) in [6, 6.07) is 8.65. The van der Waals surface area contributed by atoms with Crippen molar-refractivity contribution in [1.29, 1.82) is 0 Å². The van der Waals surface area contributed by atoms with Crippen LogP contribution in [-0.2, 0) is 4.79 Å². The molecule has 2 rings (SSSR count). The Labute approximate surface area is 117 Å². The molecule has 0 fully saturated rings. The Morgan fingerprint density at radius 2 is 1.75 bits per heavy atom. The van der Waals surface area contributed by atoms with Crippen LogP contribution in [0.4, 0.5) is 11.4 Å². The maximum absolute atomic E-state index is 12.1. The van der Waals surface area contributed by atoms with Crippen LogP contribution in [0, 0.1) is 6.92 Å². The summed E-state index contributed by atoms with van der Waals surface area (Å²) in [6.07, 6.45) is 3.13. The van der Waals surface area contributed by atoms with Gasteiger partial charge in [-0.3, -0.25) is 14.6 Å². The second-order valence-corrected chi connectivity index (χ2v) is 4.40. The zero-order chi connectivity index (χ0) is 14.5. The minimum Gasteiger partial charge on any atom is -0.326 e. The largest absolute Gasteiger partial charge is 0.326 e. The van der Waals surface area contributed by atoms with Crippen LogP contribution in [0.2, 0.25) is 0 Å². The maximum Gasteiger partial charge on any atom is 0.255 e. The molecule has 102 valence electrons. The monoisotopic (exact) mass is 269 g/mol. The molecule has 0 atom stereocenters. The maximum atomic E-state index is 12.1. The van der Waals surface area contributed by atoms with Crippen molar-refractivity contribution < 1.29 is 9.59 Å². The van der Waals surface area contributed by atoms with Gasteiger partial charge in [-0.2, -0.15) is 0 Å². The number of nitrogens with one attached hydrogen (secondary N) is 2. The molecular weight excluding hydrogens is 254 g/mol. The summed E-state index contributed by atoms with van der Waals surface area (Å²) < 4.78 is 0. The Hall–Kier alpha value is -2.69. The lowest BCUT2D eigenvalue weighted by Gasteiger charge is -2.11. The molecule has 0 saturated heterocycles. The number of rotatable bonds is 3. The summed E-state index contributed by atoms with van der Waals surface area (Å²) in [5.41, 5.74) is 2.76. The highest BCUT2D eigenvalue weighted by Gasteiger charge is 2.08. The molecule has 5 nitrogen and oxygen atoms in total. The lowest BCUT2D eigenvalue weighted by molar-refractivity contribution is -0.114. The van der Waals surface area contributed by atoms with E-state index < -0.39 is 0 Å². The molecule has 5 heteroatoms. The first-order chi connectivity index (χ1) is 9.56. The van der Waals surface area contributed by atoms with Crippen LogP contribution in [-0.4, -0.2) is 16.8 Å². The summed E-state index contributed by atoms with van der Waals surface area (Å²) in [4.78, 5) is 27.0. The number of carbonyl (C=O) groups excluding carboxylic acids is 2.